The fourth-order valence-corrected chi connectivity index (χ4v) is 2.73. The normalized spacial score (nSPS) is 20.0. The molecule has 0 fully saturated rings. The molecule has 2 rings (SSSR count). The number of nitrogens with zero attached hydrogens (tertiary/aromatic N) is 3. The lowest BCUT2D eigenvalue weighted by atomic mass is 9.76. The first-order valence-electron chi connectivity index (χ1n) is 7.26. The number of allylic oxidation sites excluding steroid dienone is 2. The molecule has 0 amide bonds. The van der Waals surface area contributed by atoms with Crippen LogP contribution >= 0.6 is 0 Å². The second-order valence-electron chi connectivity index (χ2n) is 5.23. The van der Waals surface area contributed by atoms with Gasteiger partial charge in [0.1, 0.15) is 5.41 Å². The Hall–Kier alpha value is -2.52. The smallest absolute Gasteiger partial charge is 0.319 e. The van der Waals surface area contributed by atoms with Crippen LogP contribution in [0.1, 0.15) is 24.8 Å². The van der Waals surface area contributed by atoms with Gasteiger partial charge < -0.3 is 4.74 Å². The summed E-state index contributed by atoms with van der Waals surface area (Å²) in [5.74, 6) is -0.280. The van der Waals surface area contributed by atoms with Crippen LogP contribution in [0.5, 0.6) is 0 Å². The van der Waals surface area contributed by atoms with Gasteiger partial charge in [0.15, 0.2) is 0 Å². The number of hydrogen-bond donors (Lipinski definition) is 0. The molecule has 0 radical (unpaired) electrons. The van der Waals surface area contributed by atoms with E-state index in [1.807, 2.05) is 48.6 Å². The highest BCUT2D eigenvalue weighted by Crippen LogP contribution is 2.38. The number of carbonyl (C=O) groups excluding carboxylic acids is 1. The molecule has 0 aliphatic heterocycles. The van der Waals surface area contributed by atoms with Crippen molar-refractivity contribution >= 4 is 11.5 Å². The van der Waals surface area contributed by atoms with Gasteiger partial charge in [0.05, 0.1) is 7.11 Å². The van der Waals surface area contributed by atoms with Crippen molar-refractivity contribution in [3.8, 4) is 0 Å². The summed E-state index contributed by atoms with van der Waals surface area (Å²) in [5.41, 5.74) is 9.79. The van der Waals surface area contributed by atoms with E-state index in [9.17, 15) is 4.79 Å². The zero-order chi connectivity index (χ0) is 15.8. The van der Waals surface area contributed by atoms with Crippen LogP contribution in [0.15, 0.2) is 53.7 Å². The number of esters is 1. The molecular formula is C17H19N3O2. The average Bonchev–Trinajstić information content (AvgIpc) is 2.59. The molecule has 0 aromatic heterocycles. The van der Waals surface area contributed by atoms with Crippen molar-refractivity contribution in [2.45, 2.75) is 19.3 Å². The fourth-order valence-electron chi connectivity index (χ4n) is 2.73. The Balaban J connectivity index is 2.29. The third-order valence-electron chi connectivity index (χ3n) is 3.81. The molecule has 114 valence electrons. The monoisotopic (exact) mass is 297 g/mol. The number of hydrogen-bond acceptors (Lipinski definition) is 3. The fraction of sp³-hybridized carbons (Fsp3) is 0.353. The van der Waals surface area contributed by atoms with E-state index < -0.39 is 5.41 Å². The summed E-state index contributed by atoms with van der Waals surface area (Å²) in [6.45, 7) is 0.373. The first kappa shape index (κ1) is 15.9. The number of carbonyl (C=O) groups is 1. The highest BCUT2D eigenvalue weighted by Gasteiger charge is 2.36. The Morgan fingerprint density at radius 2 is 2.18 bits per heavy atom. The standard InChI is InChI=1S/C17H19N3O2/c1-22-16(21)17(11-6-12-19-20-18)10-5-9-15(13-17)14-7-3-2-4-8-14/h2-5,7-8,10,13H,6,9,11-12H2,1H3. The van der Waals surface area contributed by atoms with Crippen LogP contribution in [-0.2, 0) is 9.53 Å². The minimum Gasteiger partial charge on any atom is -0.468 e. The Morgan fingerprint density at radius 3 is 2.86 bits per heavy atom. The van der Waals surface area contributed by atoms with Gasteiger partial charge in [0.2, 0.25) is 0 Å². The topological polar surface area (TPSA) is 75.1 Å². The van der Waals surface area contributed by atoms with E-state index >= 15 is 0 Å². The zero-order valence-electron chi connectivity index (χ0n) is 12.6. The van der Waals surface area contributed by atoms with Crippen LogP contribution in [-0.4, -0.2) is 19.6 Å². The quantitative estimate of drug-likeness (QED) is 0.196. The van der Waals surface area contributed by atoms with E-state index in [0.29, 0.717) is 19.4 Å². The summed E-state index contributed by atoms with van der Waals surface area (Å²) in [5, 5.41) is 3.53. The van der Waals surface area contributed by atoms with E-state index in [2.05, 4.69) is 10.0 Å². The molecule has 0 heterocycles. The summed E-state index contributed by atoms with van der Waals surface area (Å²) in [6, 6.07) is 10.0. The molecule has 22 heavy (non-hydrogen) atoms. The van der Waals surface area contributed by atoms with Crippen molar-refractivity contribution in [2.75, 3.05) is 13.7 Å². The average molecular weight is 297 g/mol. The van der Waals surface area contributed by atoms with Gasteiger partial charge in [0.25, 0.3) is 0 Å². The van der Waals surface area contributed by atoms with Crippen LogP contribution in [0.3, 0.4) is 0 Å². The molecular weight excluding hydrogens is 278 g/mol. The van der Waals surface area contributed by atoms with Crippen LogP contribution in [0.25, 0.3) is 16.0 Å². The molecule has 5 nitrogen and oxygen atoms in total. The Morgan fingerprint density at radius 1 is 1.41 bits per heavy atom. The number of rotatable bonds is 6. The van der Waals surface area contributed by atoms with E-state index in [0.717, 1.165) is 17.6 Å². The van der Waals surface area contributed by atoms with Gasteiger partial charge in [0, 0.05) is 11.5 Å². The van der Waals surface area contributed by atoms with Crippen LogP contribution in [0.4, 0.5) is 0 Å². The molecule has 0 bridgehead atoms. The van der Waals surface area contributed by atoms with Crippen molar-refractivity contribution in [2.24, 2.45) is 10.5 Å². The van der Waals surface area contributed by atoms with Crippen LogP contribution in [0.2, 0.25) is 0 Å². The lowest BCUT2D eigenvalue weighted by molar-refractivity contribution is -0.147. The number of azide groups is 1. The van der Waals surface area contributed by atoms with Gasteiger partial charge in [-0.2, -0.15) is 0 Å². The van der Waals surface area contributed by atoms with Crippen molar-refractivity contribution < 1.29 is 9.53 Å². The highest BCUT2D eigenvalue weighted by atomic mass is 16.5. The van der Waals surface area contributed by atoms with Gasteiger partial charge in [-0.3, -0.25) is 4.79 Å². The molecule has 5 heteroatoms. The molecule has 0 spiro atoms. The maximum atomic E-state index is 12.3. The Labute approximate surface area is 129 Å². The molecule has 1 aliphatic rings. The molecule has 1 aromatic rings. The van der Waals surface area contributed by atoms with Gasteiger partial charge in [-0.05, 0) is 35.9 Å². The second kappa shape index (κ2) is 7.48. The zero-order valence-corrected chi connectivity index (χ0v) is 12.6. The van der Waals surface area contributed by atoms with Gasteiger partial charge in [-0.1, -0.05) is 53.7 Å². The van der Waals surface area contributed by atoms with E-state index in [1.165, 1.54) is 7.11 Å². The summed E-state index contributed by atoms with van der Waals surface area (Å²) >= 11 is 0. The van der Waals surface area contributed by atoms with E-state index in [1.54, 1.807) is 0 Å². The molecule has 0 N–H and O–H groups in total. The summed E-state index contributed by atoms with van der Waals surface area (Å²) < 4.78 is 5.00. The molecule has 1 atom stereocenters. The number of ether oxygens (including phenoxy) is 1. The lowest BCUT2D eigenvalue weighted by Gasteiger charge is -2.28. The van der Waals surface area contributed by atoms with Gasteiger partial charge in [-0.15, -0.1) is 0 Å². The first-order chi connectivity index (χ1) is 10.7. The molecule has 1 aromatic carbocycles. The predicted octanol–water partition coefficient (Wildman–Crippen LogP) is 4.28. The minimum absolute atomic E-state index is 0.280. The van der Waals surface area contributed by atoms with Crippen LogP contribution in [0, 0.1) is 5.41 Å². The SMILES string of the molecule is COC(=O)C1(CCCN=[N+]=[N-])C=CCC(c2ccccc2)=C1. The largest absolute Gasteiger partial charge is 0.468 e. The Kier molecular flexibility index (Phi) is 5.39. The summed E-state index contributed by atoms with van der Waals surface area (Å²) in [6.07, 6.45) is 7.88. The van der Waals surface area contributed by atoms with Gasteiger partial charge in [-0.25, -0.2) is 0 Å². The first-order valence-corrected chi connectivity index (χ1v) is 7.26. The maximum absolute atomic E-state index is 12.3. The number of methoxy groups -OCH3 is 1. The molecule has 0 saturated heterocycles. The highest BCUT2D eigenvalue weighted by molar-refractivity contribution is 5.86. The minimum atomic E-state index is -0.775. The van der Waals surface area contributed by atoms with Crippen molar-refractivity contribution in [1.29, 1.82) is 0 Å². The van der Waals surface area contributed by atoms with Crippen molar-refractivity contribution in [1.82, 2.24) is 0 Å². The third kappa shape index (κ3) is 3.57. The second-order valence-corrected chi connectivity index (χ2v) is 5.23. The van der Waals surface area contributed by atoms with Crippen LogP contribution < -0.4 is 0 Å². The van der Waals surface area contributed by atoms with Crippen molar-refractivity contribution in [3.05, 3.63) is 64.6 Å². The van der Waals surface area contributed by atoms with E-state index in [4.69, 9.17) is 10.3 Å². The lowest BCUT2D eigenvalue weighted by Crippen LogP contribution is -2.30. The van der Waals surface area contributed by atoms with Crippen molar-refractivity contribution in [3.63, 3.8) is 0 Å². The number of benzene rings is 1. The summed E-state index contributed by atoms with van der Waals surface area (Å²) in [4.78, 5) is 15.1. The third-order valence-corrected chi connectivity index (χ3v) is 3.81. The van der Waals surface area contributed by atoms with E-state index in [-0.39, 0.29) is 5.97 Å². The Bertz CT molecular complexity index is 631. The maximum Gasteiger partial charge on any atom is 0.319 e. The molecule has 1 unspecified atom stereocenters. The van der Waals surface area contributed by atoms with Gasteiger partial charge >= 0.3 is 5.97 Å². The molecule has 1 aliphatic carbocycles. The molecule has 0 saturated carbocycles. The predicted molar refractivity (Wildman–Crippen MR) is 85.9 cm³/mol. The summed E-state index contributed by atoms with van der Waals surface area (Å²) in [7, 11) is 1.40.